The molecule has 4 aromatic rings. The number of nitrogens with two attached hydrogens (primary N) is 1. The fourth-order valence-electron chi connectivity index (χ4n) is 4.36. The molecule has 186 valence electrons. The first-order valence-electron chi connectivity index (χ1n) is 11.0. The molecule has 0 saturated carbocycles. The number of benzene rings is 1. The Morgan fingerprint density at radius 3 is 2.64 bits per heavy atom. The van der Waals surface area contributed by atoms with Crippen LogP contribution in [0.5, 0.6) is 0 Å². The second-order valence-electron chi connectivity index (χ2n) is 8.66. The van der Waals surface area contributed by atoms with Gasteiger partial charge in [-0.15, -0.1) is 11.3 Å². The minimum Gasteiger partial charge on any atom is -0.365 e. The van der Waals surface area contributed by atoms with Crippen molar-refractivity contribution < 1.29 is 22.8 Å². The lowest BCUT2D eigenvalue weighted by atomic mass is 9.88. The zero-order valence-corrected chi connectivity index (χ0v) is 21.2. The maximum Gasteiger partial charge on any atom is 0.433 e. The molecule has 0 saturated heterocycles. The van der Waals surface area contributed by atoms with Gasteiger partial charge in [0, 0.05) is 10.4 Å². The molecule has 0 aliphatic heterocycles. The molecule has 0 radical (unpaired) electrons. The normalized spacial score (nSPS) is 15.6. The van der Waals surface area contributed by atoms with Gasteiger partial charge in [0.1, 0.15) is 5.00 Å². The number of nitrogens with zero attached hydrogens (tertiary/aromatic N) is 3. The smallest absolute Gasteiger partial charge is 0.365 e. The van der Waals surface area contributed by atoms with Crippen LogP contribution in [0, 0.1) is 5.92 Å². The number of hydrogen-bond acceptors (Lipinski definition) is 5. The summed E-state index contributed by atoms with van der Waals surface area (Å²) in [5, 5.41) is 6.86. The first kappa shape index (κ1) is 24.4. The summed E-state index contributed by atoms with van der Waals surface area (Å²) in [7, 11) is 0. The lowest BCUT2D eigenvalue weighted by Crippen LogP contribution is -2.20. The number of alkyl halides is 3. The number of amides is 2. The van der Waals surface area contributed by atoms with Crippen LogP contribution >= 0.6 is 27.3 Å². The number of aromatic nitrogens is 3. The molecule has 36 heavy (non-hydrogen) atoms. The molecular weight excluding hydrogens is 559 g/mol. The van der Waals surface area contributed by atoms with Crippen LogP contribution in [0.2, 0.25) is 0 Å². The zero-order chi connectivity index (χ0) is 25.8. The van der Waals surface area contributed by atoms with Crippen LogP contribution in [0.3, 0.4) is 0 Å². The molecule has 2 amide bonds. The minimum atomic E-state index is -4.76. The minimum absolute atomic E-state index is 0.00107. The van der Waals surface area contributed by atoms with Crippen molar-refractivity contribution in [3.8, 4) is 11.3 Å². The van der Waals surface area contributed by atoms with Crippen LogP contribution in [0.1, 0.15) is 50.3 Å². The predicted octanol–water partition coefficient (Wildman–Crippen LogP) is 5.72. The van der Waals surface area contributed by atoms with Crippen molar-refractivity contribution in [2.45, 2.75) is 32.4 Å². The molecular formula is C24H19BrF3N5O2S. The lowest BCUT2D eigenvalue weighted by Gasteiger charge is -2.18. The summed E-state index contributed by atoms with van der Waals surface area (Å²) >= 11 is 4.48. The predicted molar refractivity (Wildman–Crippen MR) is 133 cm³/mol. The molecule has 1 unspecified atom stereocenters. The average molecular weight is 578 g/mol. The molecule has 3 heterocycles. The molecule has 1 aromatic carbocycles. The fourth-order valence-corrected chi connectivity index (χ4v) is 6.28. The number of hydrogen-bond donors (Lipinski definition) is 2. The van der Waals surface area contributed by atoms with Gasteiger partial charge in [-0.05, 0) is 52.7 Å². The third-order valence-electron chi connectivity index (χ3n) is 6.09. The number of halogens is 4. The van der Waals surface area contributed by atoms with Crippen molar-refractivity contribution in [3.05, 3.63) is 68.3 Å². The van der Waals surface area contributed by atoms with E-state index in [1.54, 1.807) is 30.3 Å². The van der Waals surface area contributed by atoms with E-state index in [4.69, 9.17) is 5.73 Å². The number of primary amides is 1. The number of anilines is 1. The molecule has 1 aliphatic rings. The molecule has 1 atom stereocenters. The van der Waals surface area contributed by atoms with Gasteiger partial charge in [-0.25, -0.2) is 9.50 Å². The summed E-state index contributed by atoms with van der Waals surface area (Å²) in [5.41, 5.74) is 5.71. The Morgan fingerprint density at radius 2 is 1.97 bits per heavy atom. The van der Waals surface area contributed by atoms with Gasteiger partial charge in [0.15, 0.2) is 17.0 Å². The van der Waals surface area contributed by atoms with E-state index in [0.29, 0.717) is 22.4 Å². The Labute approximate surface area is 215 Å². The Kier molecular flexibility index (Phi) is 6.11. The van der Waals surface area contributed by atoms with Crippen molar-refractivity contribution in [1.82, 2.24) is 14.6 Å². The fraction of sp³-hybridized carbons (Fsp3) is 0.250. The van der Waals surface area contributed by atoms with E-state index in [2.05, 4.69) is 38.3 Å². The van der Waals surface area contributed by atoms with E-state index in [1.807, 2.05) is 0 Å². The summed E-state index contributed by atoms with van der Waals surface area (Å²) in [6.07, 6.45) is -2.44. The summed E-state index contributed by atoms with van der Waals surface area (Å²) in [5.74, 6) is -1.02. The van der Waals surface area contributed by atoms with Gasteiger partial charge in [0.2, 0.25) is 0 Å². The number of carbonyl (C=O) groups excluding carboxylic acids is 2. The molecule has 3 N–H and O–H groups in total. The highest BCUT2D eigenvalue weighted by atomic mass is 79.9. The second kappa shape index (κ2) is 9.00. The van der Waals surface area contributed by atoms with Crippen molar-refractivity contribution in [3.63, 3.8) is 0 Å². The van der Waals surface area contributed by atoms with E-state index < -0.39 is 23.7 Å². The third kappa shape index (κ3) is 4.28. The van der Waals surface area contributed by atoms with Gasteiger partial charge < -0.3 is 11.1 Å². The van der Waals surface area contributed by atoms with E-state index in [0.717, 1.165) is 29.3 Å². The Balaban J connectivity index is 1.59. The quantitative estimate of drug-likeness (QED) is 0.324. The van der Waals surface area contributed by atoms with Crippen LogP contribution in [0.25, 0.3) is 16.9 Å². The van der Waals surface area contributed by atoms with Gasteiger partial charge in [0.05, 0.1) is 15.7 Å². The van der Waals surface area contributed by atoms with Crippen molar-refractivity contribution >= 4 is 49.7 Å². The number of fused-ring (bicyclic) bond motifs is 2. The first-order chi connectivity index (χ1) is 17.0. The standard InChI is InChI=1S/C24H19BrF3N5O2S/c1-11-7-8-13-15(9-11)36-23(17(13)20(29)34)31-22(35)19-18(25)21-30-14(12-5-3-2-4-6-12)10-16(24(26,27)28)33(21)32-19/h2-6,10-11H,7-9H2,1H3,(H2,29,34)(H,31,35). The maximum atomic E-state index is 14.0. The molecule has 0 fully saturated rings. The average Bonchev–Trinajstić information content (AvgIpc) is 3.35. The molecule has 7 nitrogen and oxygen atoms in total. The summed E-state index contributed by atoms with van der Waals surface area (Å²) in [6, 6.07) is 9.30. The highest BCUT2D eigenvalue weighted by molar-refractivity contribution is 9.10. The topological polar surface area (TPSA) is 102 Å². The van der Waals surface area contributed by atoms with Crippen molar-refractivity contribution in [2.24, 2.45) is 11.7 Å². The zero-order valence-electron chi connectivity index (χ0n) is 18.8. The maximum absolute atomic E-state index is 14.0. The van der Waals surface area contributed by atoms with E-state index in [9.17, 15) is 22.8 Å². The van der Waals surface area contributed by atoms with Crippen LogP contribution in [0.4, 0.5) is 18.2 Å². The lowest BCUT2D eigenvalue weighted by molar-refractivity contribution is -0.142. The molecule has 0 bridgehead atoms. The number of carbonyl (C=O) groups is 2. The summed E-state index contributed by atoms with van der Waals surface area (Å²) in [4.78, 5) is 30.7. The second-order valence-corrected chi connectivity index (χ2v) is 10.6. The third-order valence-corrected chi connectivity index (χ3v) is 7.99. The van der Waals surface area contributed by atoms with Crippen LogP contribution in [0.15, 0.2) is 40.9 Å². The van der Waals surface area contributed by atoms with E-state index >= 15 is 0 Å². The van der Waals surface area contributed by atoms with Crippen LogP contribution in [-0.2, 0) is 19.0 Å². The largest absolute Gasteiger partial charge is 0.433 e. The summed E-state index contributed by atoms with van der Waals surface area (Å²) in [6.45, 7) is 2.10. The molecule has 12 heteroatoms. The molecule has 3 aromatic heterocycles. The Bertz CT molecular complexity index is 1510. The monoisotopic (exact) mass is 577 g/mol. The van der Waals surface area contributed by atoms with Gasteiger partial charge in [-0.1, -0.05) is 37.3 Å². The number of rotatable bonds is 4. The van der Waals surface area contributed by atoms with Gasteiger partial charge >= 0.3 is 6.18 Å². The number of nitrogens with one attached hydrogen (secondary N) is 1. The molecule has 0 spiro atoms. The summed E-state index contributed by atoms with van der Waals surface area (Å²) < 4.78 is 42.5. The Morgan fingerprint density at radius 1 is 1.25 bits per heavy atom. The number of thiophene rings is 1. The highest BCUT2D eigenvalue weighted by Gasteiger charge is 2.37. The van der Waals surface area contributed by atoms with Gasteiger partial charge in [0.25, 0.3) is 11.8 Å². The van der Waals surface area contributed by atoms with E-state index in [1.165, 1.54) is 11.3 Å². The van der Waals surface area contributed by atoms with Crippen molar-refractivity contribution in [2.75, 3.05) is 5.32 Å². The van der Waals surface area contributed by atoms with Crippen LogP contribution in [-0.4, -0.2) is 26.4 Å². The Hall–Kier alpha value is -3.25. The van der Waals surface area contributed by atoms with Gasteiger partial charge in [-0.3, -0.25) is 9.59 Å². The molecule has 5 rings (SSSR count). The highest BCUT2D eigenvalue weighted by Crippen LogP contribution is 2.40. The first-order valence-corrected chi connectivity index (χ1v) is 12.6. The van der Waals surface area contributed by atoms with E-state index in [-0.39, 0.29) is 32.1 Å². The van der Waals surface area contributed by atoms with Crippen molar-refractivity contribution in [1.29, 1.82) is 0 Å². The molecule has 1 aliphatic carbocycles. The van der Waals surface area contributed by atoms with Gasteiger partial charge in [-0.2, -0.15) is 18.3 Å². The SMILES string of the molecule is CC1CCc2c(sc(NC(=O)c3nn4c(C(F)(F)F)cc(-c5ccccc5)nc4c3Br)c2C(N)=O)C1. The van der Waals surface area contributed by atoms with Crippen LogP contribution < -0.4 is 11.1 Å².